The zero-order valence-electron chi connectivity index (χ0n) is 15.3. The summed E-state index contributed by atoms with van der Waals surface area (Å²) >= 11 is 0. The number of carboxylic acids is 1. The van der Waals surface area contributed by atoms with Crippen LogP contribution < -0.4 is 5.73 Å². The number of hydrogen-bond acceptors (Lipinski definition) is 3. The van der Waals surface area contributed by atoms with Crippen LogP contribution >= 0.6 is 0 Å². The third-order valence-electron chi connectivity index (χ3n) is 6.32. The first-order chi connectivity index (χ1) is 11.9. The second-order valence-electron chi connectivity index (χ2n) is 7.96. The molecule has 2 fully saturated rings. The molecule has 0 aromatic heterocycles. The van der Waals surface area contributed by atoms with E-state index in [2.05, 4.69) is 13.0 Å². The third-order valence-corrected chi connectivity index (χ3v) is 6.32. The molecule has 142 valence electrons. The number of aliphatic hydroxyl groups excluding tert-OH is 1. The number of primary amides is 1. The van der Waals surface area contributed by atoms with Crippen LogP contribution in [-0.4, -0.2) is 28.2 Å². The van der Waals surface area contributed by atoms with E-state index in [9.17, 15) is 14.7 Å². The topological polar surface area (TPSA) is 101 Å². The third kappa shape index (κ3) is 4.63. The maximum atomic E-state index is 12.2. The van der Waals surface area contributed by atoms with Gasteiger partial charge in [-0.25, -0.2) is 0 Å². The van der Waals surface area contributed by atoms with Crippen LogP contribution in [0.15, 0.2) is 12.2 Å². The van der Waals surface area contributed by atoms with E-state index < -0.39 is 11.4 Å². The van der Waals surface area contributed by atoms with Gasteiger partial charge >= 0.3 is 5.97 Å². The molecule has 25 heavy (non-hydrogen) atoms. The highest BCUT2D eigenvalue weighted by Crippen LogP contribution is 2.62. The van der Waals surface area contributed by atoms with Crippen molar-refractivity contribution in [2.24, 2.45) is 28.9 Å². The van der Waals surface area contributed by atoms with Crippen molar-refractivity contribution < 1.29 is 19.8 Å². The summed E-state index contributed by atoms with van der Waals surface area (Å²) in [5.74, 6) is -0.120. The fourth-order valence-corrected chi connectivity index (χ4v) is 5.03. The van der Waals surface area contributed by atoms with E-state index in [1.54, 1.807) is 0 Å². The smallest absolute Gasteiger partial charge is 0.303 e. The Hall–Kier alpha value is -1.36. The lowest BCUT2D eigenvalue weighted by atomic mass is 9.68. The molecular weight excluding hydrogens is 318 g/mol. The predicted molar refractivity (Wildman–Crippen MR) is 96.7 cm³/mol. The lowest BCUT2D eigenvalue weighted by Gasteiger charge is -2.36. The van der Waals surface area contributed by atoms with Gasteiger partial charge in [0.2, 0.25) is 5.91 Å². The number of aliphatic carboxylic acids is 1. The van der Waals surface area contributed by atoms with Crippen molar-refractivity contribution >= 4 is 11.9 Å². The van der Waals surface area contributed by atoms with Crippen molar-refractivity contribution in [3.05, 3.63) is 12.2 Å². The van der Waals surface area contributed by atoms with E-state index in [-0.39, 0.29) is 24.3 Å². The molecule has 4 N–H and O–H groups in total. The van der Waals surface area contributed by atoms with Crippen LogP contribution in [0.25, 0.3) is 0 Å². The molecule has 1 amide bonds. The average Bonchev–Trinajstić information content (AvgIpc) is 3.11. The number of nitrogens with two attached hydrogens (primary N) is 1. The number of amides is 1. The zero-order chi connectivity index (χ0) is 18.4. The Morgan fingerprint density at radius 1 is 1.36 bits per heavy atom. The zero-order valence-corrected chi connectivity index (χ0v) is 15.3. The maximum absolute atomic E-state index is 12.2. The summed E-state index contributed by atoms with van der Waals surface area (Å²) in [5, 5.41) is 19.1. The normalized spacial score (nSPS) is 32.3. The molecule has 5 atom stereocenters. The molecular formula is C20H33NO4. The molecule has 2 saturated carbocycles. The van der Waals surface area contributed by atoms with E-state index >= 15 is 0 Å². The molecule has 5 nitrogen and oxygen atoms in total. The van der Waals surface area contributed by atoms with Crippen LogP contribution in [-0.2, 0) is 9.59 Å². The highest BCUT2D eigenvalue weighted by molar-refractivity contribution is 5.82. The first-order valence-corrected chi connectivity index (χ1v) is 9.77. The summed E-state index contributed by atoms with van der Waals surface area (Å²) in [5.41, 5.74) is 5.34. The van der Waals surface area contributed by atoms with Crippen molar-refractivity contribution in [2.45, 2.75) is 77.2 Å². The van der Waals surface area contributed by atoms with Crippen LogP contribution in [0.3, 0.4) is 0 Å². The van der Waals surface area contributed by atoms with E-state index in [1.165, 1.54) is 0 Å². The van der Waals surface area contributed by atoms with Crippen molar-refractivity contribution in [3.63, 3.8) is 0 Å². The molecule has 2 aliphatic carbocycles. The number of allylic oxidation sites excluding steroid dienone is 2. The van der Waals surface area contributed by atoms with Gasteiger partial charge < -0.3 is 15.9 Å². The monoisotopic (exact) mass is 351 g/mol. The molecule has 0 radical (unpaired) electrons. The molecule has 0 heterocycles. The molecule has 0 aromatic carbocycles. The number of fused-ring (bicyclic) bond motifs is 2. The minimum absolute atomic E-state index is 0.0878. The van der Waals surface area contributed by atoms with Crippen LogP contribution in [0, 0.1) is 23.2 Å². The lowest BCUT2D eigenvalue weighted by Crippen LogP contribution is -2.41. The van der Waals surface area contributed by atoms with Crippen LogP contribution in [0.2, 0.25) is 0 Å². The largest absolute Gasteiger partial charge is 0.481 e. The van der Waals surface area contributed by atoms with Gasteiger partial charge in [0.15, 0.2) is 0 Å². The van der Waals surface area contributed by atoms with Gasteiger partial charge in [0, 0.05) is 6.42 Å². The second-order valence-corrected chi connectivity index (χ2v) is 7.96. The Morgan fingerprint density at radius 2 is 2.12 bits per heavy atom. The Morgan fingerprint density at radius 3 is 2.76 bits per heavy atom. The SMILES string of the molecule is CCCCC(O)CC1C2CCC(C(N)=O)(C2)C1C=CCCCC(=O)O. The minimum Gasteiger partial charge on any atom is -0.481 e. The molecule has 2 aliphatic rings. The summed E-state index contributed by atoms with van der Waals surface area (Å²) in [6, 6.07) is 0. The fraction of sp³-hybridized carbons (Fsp3) is 0.800. The fourth-order valence-electron chi connectivity index (χ4n) is 5.03. The molecule has 0 saturated heterocycles. The molecule has 0 aromatic rings. The summed E-state index contributed by atoms with van der Waals surface area (Å²) in [6.07, 6.45) is 11.7. The van der Waals surface area contributed by atoms with E-state index in [0.29, 0.717) is 24.7 Å². The molecule has 2 rings (SSSR count). The van der Waals surface area contributed by atoms with Gasteiger partial charge in [0.1, 0.15) is 0 Å². The van der Waals surface area contributed by atoms with Crippen LogP contribution in [0.1, 0.15) is 71.1 Å². The van der Waals surface area contributed by atoms with Gasteiger partial charge in [-0.05, 0) is 62.7 Å². The number of carboxylic acid groups (broad SMARTS) is 1. The van der Waals surface area contributed by atoms with Gasteiger partial charge in [-0.2, -0.15) is 0 Å². The van der Waals surface area contributed by atoms with Gasteiger partial charge in [-0.15, -0.1) is 0 Å². The van der Waals surface area contributed by atoms with E-state index in [1.807, 2.05) is 6.08 Å². The van der Waals surface area contributed by atoms with E-state index in [0.717, 1.165) is 44.9 Å². The van der Waals surface area contributed by atoms with Gasteiger partial charge in [-0.1, -0.05) is 31.9 Å². The van der Waals surface area contributed by atoms with Crippen LogP contribution in [0.5, 0.6) is 0 Å². The molecule has 0 spiro atoms. The first-order valence-electron chi connectivity index (χ1n) is 9.77. The molecule has 2 bridgehead atoms. The maximum Gasteiger partial charge on any atom is 0.303 e. The second kappa shape index (κ2) is 8.84. The Labute approximate surface area is 150 Å². The van der Waals surface area contributed by atoms with Crippen molar-refractivity contribution in [1.82, 2.24) is 0 Å². The number of carbonyl (C=O) groups excluding carboxylic acids is 1. The number of unbranched alkanes of at least 4 members (excludes halogenated alkanes) is 2. The highest BCUT2D eigenvalue weighted by Gasteiger charge is 2.59. The number of carbonyl (C=O) groups is 2. The van der Waals surface area contributed by atoms with Crippen molar-refractivity contribution in [3.8, 4) is 0 Å². The number of aliphatic hydroxyl groups is 1. The molecule has 0 aliphatic heterocycles. The summed E-state index contributed by atoms with van der Waals surface area (Å²) < 4.78 is 0. The van der Waals surface area contributed by atoms with E-state index in [4.69, 9.17) is 10.8 Å². The Kier molecular flexibility index (Phi) is 7.05. The van der Waals surface area contributed by atoms with Crippen LogP contribution in [0.4, 0.5) is 0 Å². The standard InChI is InChI=1S/C20H33NO4/c1-2-3-7-15(22)12-16-14-10-11-20(13-14,19(21)25)17(16)8-5-4-6-9-18(23)24/h5,8,14-17,22H,2-4,6-7,9-13H2,1H3,(H2,21,25)(H,23,24). The van der Waals surface area contributed by atoms with Gasteiger partial charge in [-0.3, -0.25) is 9.59 Å². The predicted octanol–water partition coefficient (Wildman–Crippen LogP) is 3.26. The van der Waals surface area contributed by atoms with Gasteiger partial charge in [0.25, 0.3) is 0 Å². The highest BCUT2D eigenvalue weighted by atomic mass is 16.4. The Bertz CT molecular complexity index is 504. The quantitative estimate of drug-likeness (QED) is 0.393. The number of rotatable bonds is 11. The number of hydrogen-bond donors (Lipinski definition) is 3. The average molecular weight is 351 g/mol. The summed E-state index contributed by atoms with van der Waals surface area (Å²) in [6.45, 7) is 2.12. The molecule has 5 unspecified atom stereocenters. The van der Waals surface area contributed by atoms with Crippen molar-refractivity contribution in [1.29, 1.82) is 0 Å². The Balaban J connectivity index is 2.04. The first kappa shape index (κ1) is 20.0. The minimum atomic E-state index is -0.779. The lowest BCUT2D eigenvalue weighted by molar-refractivity contribution is -0.137. The molecule has 5 heteroatoms. The van der Waals surface area contributed by atoms with Crippen molar-refractivity contribution in [2.75, 3.05) is 0 Å². The summed E-state index contributed by atoms with van der Waals surface area (Å²) in [4.78, 5) is 22.8. The summed E-state index contributed by atoms with van der Waals surface area (Å²) in [7, 11) is 0. The van der Waals surface area contributed by atoms with Gasteiger partial charge in [0.05, 0.1) is 11.5 Å².